The lowest BCUT2D eigenvalue weighted by molar-refractivity contribution is 0.0936. The van der Waals surface area contributed by atoms with E-state index in [1.165, 1.54) is 0 Å². The van der Waals surface area contributed by atoms with Gasteiger partial charge in [0.15, 0.2) is 0 Å². The molecule has 2 aromatic rings. The van der Waals surface area contributed by atoms with Crippen molar-refractivity contribution in [3.8, 4) is 0 Å². The number of hydrogen-bond donors (Lipinski definition) is 2. The van der Waals surface area contributed by atoms with Crippen molar-refractivity contribution in [2.75, 3.05) is 0 Å². The number of hydrogen-bond acceptors (Lipinski definition) is 3. The molecule has 1 unspecified atom stereocenters. The molecular formula is C13H14ClN3OS. The molecule has 4 nitrogen and oxygen atoms in total. The first-order valence-corrected chi connectivity index (χ1v) is 6.64. The molecule has 0 spiro atoms. The van der Waals surface area contributed by atoms with Gasteiger partial charge in [0.2, 0.25) is 0 Å². The highest BCUT2D eigenvalue weighted by Crippen LogP contribution is 2.19. The van der Waals surface area contributed by atoms with Crippen molar-refractivity contribution >= 4 is 30.1 Å². The van der Waals surface area contributed by atoms with Crippen molar-refractivity contribution in [1.82, 2.24) is 14.9 Å². The number of carbonyl (C=O) groups excluding carboxylic acids is 1. The van der Waals surface area contributed by atoms with Crippen LogP contribution in [0.2, 0.25) is 5.02 Å². The molecule has 0 radical (unpaired) electrons. The lowest BCUT2D eigenvalue weighted by Gasteiger charge is -2.15. The summed E-state index contributed by atoms with van der Waals surface area (Å²) in [6.45, 7) is 2.58. The van der Waals surface area contributed by atoms with Gasteiger partial charge in [-0.3, -0.25) is 4.79 Å². The SMILES string of the molecule is CC(Cn1ccnc1)NC(=O)c1cc(S)ccc1Cl. The average Bonchev–Trinajstić information content (AvgIpc) is 2.84. The third-order valence-electron chi connectivity index (χ3n) is 2.62. The summed E-state index contributed by atoms with van der Waals surface area (Å²) in [6.07, 6.45) is 5.27. The smallest absolute Gasteiger partial charge is 0.253 e. The Morgan fingerprint density at radius 1 is 1.58 bits per heavy atom. The van der Waals surface area contributed by atoms with Crippen molar-refractivity contribution in [3.05, 3.63) is 47.5 Å². The molecule has 0 saturated carbocycles. The molecule has 0 fully saturated rings. The third kappa shape index (κ3) is 3.75. The summed E-state index contributed by atoms with van der Waals surface area (Å²) in [5.74, 6) is -0.200. The van der Waals surface area contributed by atoms with Crippen molar-refractivity contribution in [1.29, 1.82) is 0 Å². The summed E-state index contributed by atoms with van der Waals surface area (Å²) >= 11 is 10.2. The number of rotatable bonds is 4. The number of carbonyl (C=O) groups is 1. The molecule has 1 aromatic heterocycles. The molecule has 19 heavy (non-hydrogen) atoms. The monoisotopic (exact) mass is 295 g/mol. The molecule has 6 heteroatoms. The largest absolute Gasteiger partial charge is 0.348 e. The molecule has 0 aliphatic heterocycles. The number of thiol groups is 1. The Kier molecular flexibility index (Phi) is 4.50. The minimum atomic E-state index is -0.200. The highest BCUT2D eigenvalue weighted by Gasteiger charge is 2.13. The van der Waals surface area contributed by atoms with Crippen LogP contribution in [0.4, 0.5) is 0 Å². The molecule has 1 N–H and O–H groups in total. The Bertz CT molecular complexity index is 571. The molecule has 1 amide bonds. The summed E-state index contributed by atoms with van der Waals surface area (Å²) in [7, 11) is 0. The first-order chi connectivity index (χ1) is 9.06. The zero-order chi connectivity index (χ0) is 13.8. The van der Waals surface area contributed by atoms with E-state index in [4.69, 9.17) is 11.6 Å². The average molecular weight is 296 g/mol. The van der Waals surface area contributed by atoms with E-state index in [1.54, 1.807) is 30.7 Å². The van der Waals surface area contributed by atoms with Gasteiger partial charge in [0.1, 0.15) is 0 Å². The van der Waals surface area contributed by atoms with Crippen LogP contribution in [0.3, 0.4) is 0 Å². The molecule has 0 bridgehead atoms. The molecule has 1 aromatic carbocycles. The molecule has 0 aliphatic carbocycles. The Hall–Kier alpha value is -1.46. The minimum absolute atomic E-state index is 0.0265. The highest BCUT2D eigenvalue weighted by molar-refractivity contribution is 7.80. The molecule has 0 saturated heterocycles. The van der Waals surface area contributed by atoms with E-state index < -0.39 is 0 Å². The first kappa shape index (κ1) is 14.0. The first-order valence-electron chi connectivity index (χ1n) is 5.81. The molecule has 1 heterocycles. The van der Waals surface area contributed by atoms with Gasteiger partial charge < -0.3 is 9.88 Å². The lowest BCUT2D eigenvalue weighted by atomic mass is 10.2. The molecule has 1 atom stereocenters. The van der Waals surface area contributed by atoms with Crippen LogP contribution in [0, 0.1) is 0 Å². The zero-order valence-corrected chi connectivity index (χ0v) is 12.0. The van der Waals surface area contributed by atoms with E-state index in [2.05, 4.69) is 22.9 Å². The van der Waals surface area contributed by atoms with Gasteiger partial charge in [0.25, 0.3) is 5.91 Å². The fraction of sp³-hybridized carbons (Fsp3) is 0.231. The fourth-order valence-corrected chi connectivity index (χ4v) is 2.15. The van der Waals surface area contributed by atoms with Crippen LogP contribution in [-0.4, -0.2) is 21.5 Å². The minimum Gasteiger partial charge on any atom is -0.348 e. The predicted molar refractivity (Wildman–Crippen MR) is 77.9 cm³/mol. The van der Waals surface area contributed by atoms with E-state index in [1.807, 2.05) is 17.7 Å². The second-order valence-corrected chi connectivity index (χ2v) is 5.22. The number of amides is 1. The maximum Gasteiger partial charge on any atom is 0.253 e. The van der Waals surface area contributed by atoms with Crippen LogP contribution < -0.4 is 5.32 Å². The van der Waals surface area contributed by atoms with E-state index in [9.17, 15) is 4.79 Å². The van der Waals surface area contributed by atoms with Gasteiger partial charge in [-0.1, -0.05) is 11.6 Å². The Labute approximate surface area is 122 Å². The van der Waals surface area contributed by atoms with Crippen LogP contribution >= 0.6 is 24.2 Å². The van der Waals surface area contributed by atoms with Crippen molar-refractivity contribution < 1.29 is 4.79 Å². The van der Waals surface area contributed by atoms with Crippen molar-refractivity contribution in [2.24, 2.45) is 0 Å². The van der Waals surface area contributed by atoms with Crippen molar-refractivity contribution in [3.63, 3.8) is 0 Å². The third-order valence-corrected chi connectivity index (χ3v) is 3.22. The highest BCUT2D eigenvalue weighted by atomic mass is 35.5. The van der Waals surface area contributed by atoms with Crippen molar-refractivity contribution in [2.45, 2.75) is 24.4 Å². The van der Waals surface area contributed by atoms with E-state index in [0.717, 1.165) is 0 Å². The standard InChI is InChI=1S/C13H14ClN3OS/c1-9(7-17-5-4-15-8-17)16-13(18)11-6-10(19)2-3-12(11)14/h2-6,8-9,19H,7H2,1H3,(H,16,18). The summed E-state index contributed by atoms with van der Waals surface area (Å²) in [6, 6.07) is 5.04. The molecule has 100 valence electrons. The van der Waals surface area contributed by atoms with Gasteiger partial charge in [0, 0.05) is 29.9 Å². The van der Waals surface area contributed by atoms with Gasteiger partial charge >= 0.3 is 0 Å². The summed E-state index contributed by atoms with van der Waals surface area (Å²) in [4.78, 5) is 16.8. The zero-order valence-electron chi connectivity index (χ0n) is 10.4. The summed E-state index contributed by atoms with van der Waals surface area (Å²) in [5.41, 5.74) is 0.437. The topological polar surface area (TPSA) is 46.9 Å². The summed E-state index contributed by atoms with van der Waals surface area (Å²) < 4.78 is 1.90. The van der Waals surface area contributed by atoms with Gasteiger partial charge in [-0.25, -0.2) is 4.98 Å². The Morgan fingerprint density at radius 3 is 3.05 bits per heavy atom. The van der Waals surface area contributed by atoms with Gasteiger partial charge in [-0.15, -0.1) is 12.6 Å². The van der Waals surface area contributed by atoms with Crippen LogP contribution in [0.5, 0.6) is 0 Å². The van der Waals surface area contributed by atoms with Gasteiger partial charge in [0.05, 0.1) is 16.9 Å². The normalized spacial score (nSPS) is 12.2. The molecule has 2 rings (SSSR count). The number of nitrogens with zero attached hydrogens (tertiary/aromatic N) is 2. The second kappa shape index (κ2) is 6.12. The van der Waals surface area contributed by atoms with E-state index in [0.29, 0.717) is 22.0 Å². The van der Waals surface area contributed by atoms with E-state index in [-0.39, 0.29) is 11.9 Å². The predicted octanol–water partition coefficient (Wildman–Crippen LogP) is 2.64. The van der Waals surface area contributed by atoms with Crippen LogP contribution in [-0.2, 0) is 6.54 Å². The van der Waals surface area contributed by atoms with Crippen LogP contribution in [0.15, 0.2) is 41.8 Å². The van der Waals surface area contributed by atoms with Crippen LogP contribution in [0.1, 0.15) is 17.3 Å². The van der Waals surface area contributed by atoms with Crippen LogP contribution in [0.25, 0.3) is 0 Å². The lowest BCUT2D eigenvalue weighted by Crippen LogP contribution is -2.35. The van der Waals surface area contributed by atoms with Gasteiger partial charge in [-0.05, 0) is 25.1 Å². The van der Waals surface area contributed by atoms with E-state index >= 15 is 0 Å². The number of nitrogens with one attached hydrogen (secondary N) is 1. The fourth-order valence-electron chi connectivity index (χ4n) is 1.75. The van der Waals surface area contributed by atoms with Gasteiger partial charge in [-0.2, -0.15) is 0 Å². The second-order valence-electron chi connectivity index (χ2n) is 4.30. The quantitative estimate of drug-likeness (QED) is 0.852. The number of aromatic nitrogens is 2. The molecule has 0 aliphatic rings. The number of imidazole rings is 1. The maximum atomic E-state index is 12.1. The maximum absolute atomic E-state index is 12.1. The number of benzene rings is 1. The Balaban J connectivity index is 2.02. The molecular weight excluding hydrogens is 282 g/mol. The Morgan fingerprint density at radius 2 is 2.37 bits per heavy atom. The number of halogens is 1. The summed E-state index contributed by atoms with van der Waals surface area (Å²) in [5, 5.41) is 3.32.